The molecule has 0 aliphatic heterocycles. The fourth-order valence-electron chi connectivity index (χ4n) is 1.61. The second-order valence-corrected chi connectivity index (χ2v) is 4.83. The van der Waals surface area contributed by atoms with Gasteiger partial charge in [-0.2, -0.15) is 13.2 Å². The zero-order valence-corrected chi connectivity index (χ0v) is 11.5. The summed E-state index contributed by atoms with van der Waals surface area (Å²) in [5, 5.41) is 0. The van der Waals surface area contributed by atoms with Gasteiger partial charge in [-0.25, -0.2) is 0 Å². The highest BCUT2D eigenvalue weighted by Crippen LogP contribution is 2.34. The van der Waals surface area contributed by atoms with Gasteiger partial charge >= 0.3 is 6.18 Å². The van der Waals surface area contributed by atoms with Crippen molar-refractivity contribution in [1.82, 2.24) is 0 Å². The molecule has 0 fully saturated rings. The minimum Gasteiger partial charge on any atom is -0.385 e. The summed E-state index contributed by atoms with van der Waals surface area (Å²) in [6.45, 7) is 0.546. The van der Waals surface area contributed by atoms with Crippen LogP contribution in [-0.2, 0) is 10.9 Å². The topological polar surface area (TPSA) is 35.2 Å². The molecule has 1 aromatic rings. The molecular formula is C12H15BrF3NO. The van der Waals surface area contributed by atoms with Gasteiger partial charge in [-0.15, -0.1) is 0 Å². The molecule has 0 aromatic heterocycles. The van der Waals surface area contributed by atoms with Crippen LogP contribution in [0.1, 0.15) is 30.0 Å². The van der Waals surface area contributed by atoms with Crippen molar-refractivity contribution in [2.45, 2.75) is 25.1 Å². The Morgan fingerprint density at radius 2 is 2.06 bits per heavy atom. The zero-order chi connectivity index (χ0) is 13.8. The van der Waals surface area contributed by atoms with Crippen molar-refractivity contribution >= 4 is 15.9 Å². The molecule has 102 valence electrons. The Hall–Kier alpha value is -0.590. The molecule has 6 heteroatoms. The number of benzene rings is 1. The van der Waals surface area contributed by atoms with E-state index < -0.39 is 17.8 Å². The third-order valence-corrected chi connectivity index (χ3v) is 3.31. The van der Waals surface area contributed by atoms with Crippen LogP contribution >= 0.6 is 15.9 Å². The standard InChI is InChI=1S/C12H15BrF3NO/c1-18-6-2-3-11(17)9-7-8(12(14,15)16)4-5-10(9)13/h4-5,7,11H,2-3,6,17H2,1H3. The maximum absolute atomic E-state index is 12.6. The number of rotatable bonds is 5. The highest BCUT2D eigenvalue weighted by molar-refractivity contribution is 9.10. The molecule has 18 heavy (non-hydrogen) atoms. The quantitative estimate of drug-likeness (QED) is 0.833. The Balaban J connectivity index is 2.86. The maximum Gasteiger partial charge on any atom is 0.416 e. The van der Waals surface area contributed by atoms with Crippen molar-refractivity contribution in [2.75, 3.05) is 13.7 Å². The molecule has 2 nitrogen and oxygen atoms in total. The van der Waals surface area contributed by atoms with Gasteiger partial charge in [0.2, 0.25) is 0 Å². The molecule has 0 bridgehead atoms. The van der Waals surface area contributed by atoms with E-state index in [0.29, 0.717) is 29.5 Å². The van der Waals surface area contributed by atoms with Gasteiger partial charge in [0.25, 0.3) is 0 Å². The first-order chi connectivity index (χ1) is 8.36. The normalized spacial score (nSPS) is 13.7. The molecule has 0 saturated carbocycles. The van der Waals surface area contributed by atoms with Gasteiger partial charge in [-0.1, -0.05) is 15.9 Å². The monoisotopic (exact) mass is 325 g/mol. The molecular weight excluding hydrogens is 311 g/mol. The summed E-state index contributed by atoms with van der Waals surface area (Å²) in [6, 6.07) is 3.09. The highest BCUT2D eigenvalue weighted by Gasteiger charge is 2.31. The lowest BCUT2D eigenvalue weighted by atomic mass is 10.0. The van der Waals surface area contributed by atoms with Gasteiger partial charge in [-0.3, -0.25) is 0 Å². The number of nitrogens with two attached hydrogens (primary N) is 1. The summed E-state index contributed by atoms with van der Waals surface area (Å²) in [5.41, 5.74) is 5.69. The van der Waals surface area contributed by atoms with Gasteiger partial charge in [0.15, 0.2) is 0 Å². The first-order valence-corrected chi connectivity index (χ1v) is 6.26. The maximum atomic E-state index is 12.6. The van der Waals surface area contributed by atoms with Crippen molar-refractivity contribution in [3.05, 3.63) is 33.8 Å². The Bertz CT molecular complexity index is 395. The van der Waals surface area contributed by atoms with Crippen molar-refractivity contribution < 1.29 is 17.9 Å². The molecule has 0 radical (unpaired) electrons. The van der Waals surface area contributed by atoms with E-state index in [4.69, 9.17) is 10.5 Å². The van der Waals surface area contributed by atoms with Crippen LogP contribution < -0.4 is 5.73 Å². The number of hydrogen-bond donors (Lipinski definition) is 1. The van der Waals surface area contributed by atoms with Crippen LogP contribution in [0.15, 0.2) is 22.7 Å². The molecule has 0 saturated heterocycles. The minimum absolute atomic E-state index is 0.433. The Labute approximate surface area is 112 Å². The number of methoxy groups -OCH3 is 1. The second kappa shape index (κ2) is 6.54. The molecule has 1 atom stereocenters. The Morgan fingerprint density at radius 1 is 1.39 bits per heavy atom. The summed E-state index contributed by atoms with van der Waals surface area (Å²) in [6.07, 6.45) is -3.06. The Morgan fingerprint density at radius 3 is 2.61 bits per heavy atom. The van der Waals surface area contributed by atoms with Crippen LogP contribution in [0.5, 0.6) is 0 Å². The van der Waals surface area contributed by atoms with Crippen molar-refractivity contribution in [3.8, 4) is 0 Å². The second-order valence-electron chi connectivity index (χ2n) is 3.98. The first-order valence-electron chi connectivity index (χ1n) is 5.47. The van der Waals surface area contributed by atoms with E-state index in [9.17, 15) is 13.2 Å². The third-order valence-electron chi connectivity index (χ3n) is 2.59. The first kappa shape index (κ1) is 15.5. The van der Waals surface area contributed by atoms with Crippen LogP contribution in [-0.4, -0.2) is 13.7 Å². The average molecular weight is 326 g/mol. The van der Waals surface area contributed by atoms with Gasteiger partial charge in [0, 0.05) is 24.2 Å². The minimum atomic E-state index is -4.35. The van der Waals surface area contributed by atoms with Crippen LogP contribution in [0.4, 0.5) is 13.2 Å². The van der Waals surface area contributed by atoms with Crippen LogP contribution in [0, 0.1) is 0 Å². The molecule has 0 spiro atoms. The predicted octanol–water partition coefficient (Wildman–Crippen LogP) is 3.89. The lowest BCUT2D eigenvalue weighted by Gasteiger charge is -2.16. The van der Waals surface area contributed by atoms with Crippen molar-refractivity contribution in [3.63, 3.8) is 0 Å². The van der Waals surface area contributed by atoms with Gasteiger partial charge in [0.05, 0.1) is 5.56 Å². The van der Waals surface area contributed by atoms with E-state index in [1.54, 1.807) is 7.11 Å². The summed E-state index contributed by atoms with van der Waals surface area (Å²) in [5.74, 6) is 0. The van der Waals surface area contributed by atoms with Crippen LogP contribution in [0.25, 0.3) is 0 Å². The number of hydrogen-bond acceptors (Lipinski definition) is 2. The van der Waals surface area contributed by atoms with Gasteiger partial charge < -0.3 is 10.5 Å². The summed E-state index contributed by atoms with van der Waals surface area (Å²) < 4.78 is 43.3. The molecule has 1 rings (SSSR count). The van der Waals surface area contributed by atoms with Crippen molar-refractivity contribution in [2.24, 2.45) is 5.73 Å². The number of halogens is 4. The molecule has 0 aliphatic carbocycles. The van der Waals surface area contributed by atoms with Gasteiger partial charge in [-0.05, 0) is 36.6 Å². The van der Waals surface area contributed by atoms with Crippen LogP contribution in [0.2, 0.25) is 0 Å². The largest absolute Gasteiger partial charge is 0.416 e. The number of ether oxygens (including phenoxy) is 1. The Kier molecular flexibility index (Phi) is 5.62. The van der Waals surface area contributed by atoms with E-state index in [-0.39, 0.29) is 0 Å². The van der Waals surface area contributed by atoms with E-state index in [0.717, 1.165) is 12.1 Å². The summed E-state index contributed by atoms with van der Waals surface area (Å²) in [4.78, 5) is 0. The zero-order valence-electron chi connectivity index (χ0n) is 9.93. The summed E-state index contributed by atoms with van der Waals surface area (Å²) in [7, 11) is 1.58. The highest BCUT2D eigenvalue weighted by atomic mass is 79.9. The van der Waals surface area contributed by atoms with E-state index >= 15 is 0 Å². The van der Waals surface area contributed by atoms with E-state index in [2.05, 4.69) is 15.9 Å². The summed E-state index contributed by atoms with van der Waals surface area (Å²) >= 11 is 3.23. The SMILES string of the molecule is COCCCC(N)c1cc(C(F)(F)F)ccc1Br. The smallest absolute Gasteiger partial charge is 0.385 e. The fourth-order valence-corrected chi connectivity index (χ4v) is 2.15. The molecule has 0 aliphatic rings. The van der Waals surface area contributed by atoms with E-state index in [1.165, 1.54) is 6.07 Å². The molecule has 1 aromatic carbocycles. The van der Waals surface area contributed by atoms with E-state index in [1.807, 2.05) is 0 Å². The lowest BCUT2D eigenvalue weighted by molar-refractivity contribution is -0.137. The average Bonchev–Trinajstić information content (AvgIpc) is 2.28. The molecule has 1 unspecified atom stereocenters. The predicted molar refractivity (Wildman–Crippen MR) is 67.2 cm³/mol. The van der Waals surface area contributed by atoms with Crippen LogP contribution in [0.3, 0.4) is 0 Å². The van der Waals surface area contributed by atoms with Gasteiger partial charge in [0.1, 0.15) is 0 Å². The molecule has 0 heterocycles. The number of alkyl halides is 3. The third kappa shape index (κ3) is 4.26. The van der Waals surface area contributed by atoms with Crippen molar-refractivity contribution in [1.29, 1.82) is 0 Å². The fraction of sp³-hybridized carbons (Fsp3) is 0.500. The molecule has 0 amide bonds. The molecule has 2 N–H and O–H groups in total. The lowest BCUT2D eigenvalue weighted by Crippen LogP contribution is -2.14.